The molecule has 1 aliphatic carbocycles. The summed E-state index contributed by atoms with van der Waals surface area (Å²) in [5.74, 6) is -0.648. The summed E-state index contributed by atoms with van der Waals surface area (Å²) in [6.45, 7) is 0. The summed E-state index contributed by atoms with van der Waals surface area (Å²) < 4.78 is 10.2. The predicted octanol–water partition coefficient (Wildman–Crippen LogP) is 3.73. The number of esters is 1. The summed E-state index contributed by atoms with van der Waals surface area (Å²) in [6.07, 6.45) is 5.27. The van der Waals surface area contributed by atoms with Gasteiger partial charge in [0.1, 0.15) is 11.3 Å². The molecular weight excluding hydrogens is 308 g/mol. The molecule has 1 heterocycles. The van der Waals surface area contributed by atoms with E-state index in [1.54, 1.807) is 24.3 Å². The van der Waals surface area contributed by atoms with Gasteiger partial charge >= 0.3 is 11.6 Å². The Hall–Kier alpha value is -2.30. The van der Waals surface area contributed by atoms with Gasteiger partial charge in [0, 0.05) is 5.92 Å². The summed E-state index contributed by atoms with van der Waals surface area (Å²) in [5, 5.41) is 11.2. The van der Waals surface area contributed by atoms with E-state index in [0.29, 0.717) is 11.0 Å². The van der Waals surface area contributed by atoms with Crippen molar-refractivity contribution in [2.24, 2.45) is 5.92 Å². The molecule has 24 heavy (non-hydrogen) atoms. The van der Waals surface area contributed by atoms with Crippen LogP contribution in [-0.2, 0) is 9.53 Å². The van der Waals surface area contributed by atoms with Crippen LogP contribution >= 0.6 is 0 Å². The fourth-order valence-electron chi connectivity index (χ4n) is 3.78. The Balaban J connectivity index is 2.10. The third-order valence-electron chi connectivity index (χ3n) is 5.02. The summed E-state index contributed by atoms with van der Waals surface area (Å²) in [4.78, 5) is 24.4. The molecule has 0 aliphatic heterocycles. The number of para-hydroxylation sites is 1. The Bertz CT molecular complexity index is 786. The maximum Gasteiger partial charge on any atom is 0.343 e. The van der Waals surface area contributed by atoms with Crippen LogP contribution in [0, 0.1) is 5.92 Å². The summed E-state index contributed by atoms with van der Waals surface area (Å²) in [5.41, 5.74) is 0.000823. The standard InChI is InChI=1S/C19H22O5/c1-23-16(20)11-14(12-7-3-2-4-8-12)17-18(21)13-9-5-6-10-15(13)24-19(17)22/h5-6,9-10,12,14,21H,2-4,7-8,11H2,1H3. The molecule has 3 rings (SSSR count). The average Bonchev–Trinajstić information content (AvgIpc) is 2.61. The van der Waals surface area contributed by atoms with Gasteiger partial charge in [-0.2, -0.15) is 0 Å². The van der Waals surface area contributed by atoms with Gasteiger partial charge < -0.3 is 14.3 Å². The fraction of sp³-hybridized carbons (Fsp3) is 0.474. The molecule has 0 bridgehead atoms. The maximum atomic E-state index is 12.5. The second-order valence-corrected chi connectivity index (χ2v) is 6.43. The first-order valence-corrected chi connectivity index (χ1v) is 8.43. The second kappa shape index (κ2) is 7.07. The lowest BCUT2D eigenvalue weighted by Crippen LogP contribution is -2.25. The molecular formula is C19H22O5. The van der Waals surface area contributed by atoms with E-state index in [9.17, 15) is 14.7 Å². The van der Waals surface area contributed by atoms with Gasteiger partial charge in [-0.15, -0.1) is 0 Å². The Morgan fingerprint density at radius 3 is 2.71 bits per heavy atom. The Kier molecular flexibility index (Phi) is 4.88. The first-order valence-electron chi connectivity index (χ1n) is 8.43. The molecule has 0 spiro atoms. The topological polar surface area (TPSA) is 76.7 Å². The number of rotatable bonds is 4. The van der Waals surface area contributed by atoms with Gasteiger partial charge in [0.2, 0.25) is 0 Å². The van der Waals surface area contributed by atoms with E-state index >= 15 is 0 Å². The lowest BCUT2D eigenvalue weighted by atomic mass is 9.75. The van der Waals surface area contributed by atoms with E-state index in [4.69, 9.17) is 9.15 Å². The molecule has 2 aromatic rings. The van der Waals surface area contributed by atoms with Crippen LogP contribution in [0.3, 0.4) is 0 Å². The van der Waals surface area contributed by atoms with Crippen LogP contribution in [0.4, 0.5) is 0 Å². The smallest absolute Gasteiger partial charge is 0.343 e. The van der Waals surface area contributed by atoms with Gasteiger partial charge in [-0.1, -0.05) is 31.4 Å². The van der Waals surface area contributed by atoms with E-state index < -0.39 is 5.63 Å². The number of carbonyl (C=O) groups excluding carboxylic acids is 1. The minimum atomic E-state index is -0.564. The van der Waals surface area contributed by atoms with E-state index in [1.165, 1.54) is 13.5 Å². The van der Waals surface area contributed by atoms with Crippen LogP contribution in [0.25, 0.3) is 11.0 Å². The third kappa shape index (κ3) is 3.16. The van der Waals surface area contributed by atoms with Crippen molar-refractivity contribution in [1.29, 1.82) is 0 Å². The number of hydrogen-bond donors (Lipinski definition) is 1. The molecule has 1 atom stereocenters. The molecule has 1 N–H and O–H groups in total. The SMILES string of the molecule is COC(=O)CC(c1c(O)c2ccccc2oc1=O)C1CCCCC1. The Labute approximate surface area is 140 Å². The van der Waals surface area contributed by atoms with Crippen LogP contribution in [0.15, 0.2) is 33.5 Å². The quantitative estimate of drug-likeness (QED) is 0.683. The molecule has 0 amide bonds. The summed E-state index contributed by atoms with van der Waals surface area (Å²) >= 11 is 0. The molecule has 1 fully saturated rings. The highest BCUT2D eigenvalue weighted by molar-refractivity contribution is 5.84. The largest absolute Gasteiger partial charge is 0.507 e. The van der Waals surface area contributed by atoms with Crippen molar-refractivity contribution in [3.63, 3.8) is 0 Å². The van der Waals surface area contributed by atoms with Crippen molar-refractivity contribution in [1.82, 2.24) is 0 Å². The van der Waals surface area contributed by atoms with Crippen molar-refractivity contribution in [3.05, 3.63) is 40.2 Å². The highest BCUT2D eigenvalue weighted by atomic mass is 16.5. The van der Waals surface area contributed by atoms with Crippen LogP contribution in [-0.4, -0.2) is 18.2 Å². The van der Waals surface area contributed by atoms with Crippen molar-refractivity contribution < 1.29 is 19.1 Å². The first-order chi connectivity index (χ1) is 11.6. The molecule has 1 saturated carbocycles. The number of aromatic hydroxyl groups is 1. The average molecular weight is 330 g/mol. The zero-order valence-corrected chi connectivity index (χ0v) is 13.8. The molecule has 1 aliphatic rings. The molecule has 1 aromatic heterocycles. The molecule has 0 saturated heterocycles. The number of benzene rings is 1. The highest BCUT2D eigenvalue weighted by Gasteiger charge is 2.33. The van der Waals surface area contributed by atoms with E-state index in [0.717, 1.165) is 25.7 Å². The Morgan fingerprint density at radius 1 is 1.29 bits per heavy atom. The third-order valence-corrected chi connectivity index (χ3v) is 5.02. The highest BCUT2D eigenvalue weighted by Crippen LogP contribution is 2.41. The van der Waals surface area contributed by atoms with Crippen molar-refractivity contribution >= 4 is 16.9 Å². The van der Waals surface area contributed by atoms with Gasteiger partial charge in [-0.25, -0.2) is 4.79 Å². The number of hydrogen-bond acceptors (Lipinski definition) is 5. The number of methoxy groups -OCH3 is 1. The van der Waals surface area contributed by atoms with Crippen LogP contribution in [0.5, 0.6) is 5.75 Å². The molecule has 5 heteroatoms. The summed E-state index contributed by atoms with van der Waals surface area (Å²) in [7, 11) is 1.34. The molecule has 5 nitrogen and oxygen atoms in total. The molecule has 1 unspecified atom stereocenters. The minimum Gasteiger partial charge on any atom is -0.507 e. The minimum absolute atomic E-state index is 0.0682. The van der Waals surface area contributed by atoms with Gasteiger partial charge in [0.25, 0.3) is 0 Å². The lowest BCUT2D eigenvalue weighted by Gasteiger charge is -2.29. The van der Waals surface area contributed by atoms with Gasteiger partial charge in [0.05, 0.1) is 24.5 Å². The maximum absolute atomic E-state index is 12.5. The van der Waals surface area contributed by atoms with Crippen LogP contribution in [0.2, 0.25) is 0 Å². The van der Waals surface area contributed by atoms with Crippen molar-refractivity contribution in [2.75, 3.05) is 7.11 Å². The zero-order valence-electron chi connectivity index (χ0n) is 13.8. The summed E-state index contributed by atoms with van der Waals surface area (Å²) in [6, 6.07) is 6.89. The molecule has 1 aromatic carbocycles. The normalized spacial score (nSPS) is 16.9. The first kappa shape index (κ1) is 16.6. The predicted molar refractivity (Wildman–Crippen MR) is 90.1 cm³/mol. The second-order valence-electron chi connectivity index (χ2n) is 6.43. The van der Waals surface area contributed by atoms with Gasteiger partial charge in [0.15, 0.2) is 0 Å². The molecule has 0 radical (unpaired) electrons. The Morgan fingerprint density at radius 2 is 2.00 bits per heavy atom. The number of carbonyl (C=O) groups is 1. The van der Waals surface area contributed by atoms with E-state index in [1.807, 2.05) is 0 Å². The fourth-order valence-corrected chi connectivity index (χ4v) is 3.78. The zero-order chi connectivity index (χ0) is 17.1. The van der Waals surface area contributed by atoms with Gasteiger partial charge in [-0.05, 0) is 30.9 Å². The van der Waals surface area contributed by atoms with Gasteiger partial charge in [-0.3, -0.25) is 4.79 Å². The lowest BCUT2D eigenvalue weighted by molar-refractivity contribution is -0.141. The van der Waals surface area contributed by atoms with Crippen LogP contribution < -0.4 is 5.63 Å². The van der Waals surface area contributed by atoms with Crippen molar-refractivity contribution in [2.45, 2.75) is 44.4 Å². The molecule has 128 valence electrons. The van der Waals surface area contributed by atoms with E-state index in [-0.39, 0.29) is 35.5 Å². The number of ether oxygens (including phenoxy) is 1. The monoisotopic (exact) mass is 330 g/mol. The van der Waals surface area contributed by atoms with Crippen molar-refractivity contribution in [3.8, 4) is 5.75 Å². The number of fused-ring (bicyclic) bond motifs is 1. The van der Waals surface area contributed by atoms with E-state index in [2.05, 4.69) is 0 Å². The van der Waals surface area contributed by atoms with Crippen LogP contribution in [0.1, 0.15) is 50.0 Å².